The summed E-state index contributed by atoms with van der Waals surface area (Å²) in [6.07, 6.45) is 2.32. The Kier molecular flexibility index (Phi) is 5.01. The molecule has 1 aromatic heterocycles. The van der Waals surface area contributed by atoms with Crippen molar-refractivity contribution in [1.82, 2.24) is 5.16 Å². The molecule has 1 heterocycles. The van der Waals surface area contributed by atoms with Crippen LogP contribution in [0, 0.1) is 0 Å². The van der Waals surface area contributed by atoms with Gasteiger partial charge in [-0.2, -0.15) is 0 Å². The van der Waals surface area contributed by atoms with E-state index >= 15 is 0 Å². The van der Waals surface area contributed by atoms with E-state index in [1.807, 2.05) is 32.0 Å². The van der Waals surface area contributed by atoms with Crippen LogP contribution in [-0.4, -0.2) is 17.8 Å². The quantitative estimate of drug-likeness (QED) is 0.841. The lowest BCUT2D eigenvalue weighted by atomic mass is 10.1. The zero-order valence-electron chi connectivity index (χ0n) is 11.8. The molecule has 2 N–H and O–H groups in total. The average Bonchev–Trinajstić information content (AvgIpc) is 2.91. The minimum absolute atomic E-state index is 0.0551. The summed E-state index contributed by atoms with van der Waals surface area (Å²) >= 11 is 0. The van der Waals surface area contributed by atoms with Gasteiger partial charge >= 0.3 is 0 Å². The van der Waals surface area contributed by atoms with Gasteiger partial charge in [-0.3, -0.25) is 0 Å². The molecule has 1 atom stereocenters. The van der Waals surface area contributed by atoms with E-state index in [2.05, 4.69) is 5.16 Å². The Balaban J connectivity index is 2.20. The van der Waals surface area contributed by atoms with Gasteiger partial charge in [-0.05, 0) is 31.9 Å². The Labute approximate surface area is 118 Å². The SMILES string of the molecule is CCOc1cccc(CC(C)N)c1OCc1ccno1. The number of nitrogens with zero attached hydrogens (tertiary/aromatic N) is 1. The normalized spacial score (nSPS) is 12.2. The Hall–Kier alpha value is -2.01. The van der Waals surface area contributed by atoms with E-state index in [9.17, 15) is 0 Å². The molecule has 2 rings (SSSR count). The summed E-state index contributed by atoms with van der Waals surface area (Å²) in [6, 6.07) is 7.67. The van der Waals surface area contributed by atoms with E-state index < -0.39 is 0 Å². The molecule has 5 nitrogen and oxygen atoms in total. The highest BCUT2D eigenvalue weighted by Crippen LogP contribution is 2.32. The molecule has 0 amide bonds. The molecule has 20 heavy (non-hydrogen) atoms. The largest absolute Gasteiger partial charge is 0.490 e. The molecule has 0 fully saturated rings. The molecule has 0 saturated carbocycles. The minimum atomic E-state index is 0.0551. The highest BCUT2D eigenvalue weighted by atomic mass is 16.5. The molecule has 1 unspecified atom stereocenters. The van der Waals surface area contributed by atoms with Crippen LogP contribution in [-0.2, 0) is 13.0 Å². The second-order valence-electron chi connectivity index (χ2n) is 4.63. The van der Waals surface area contributed by atoms with Crippen molar-refractivity contribution in [3.8, 4) is 11.5 Å². The first-order valence-corrected chi connectivity index (χ1v) is 6.73. The summed E-state index contributed by atoms with van der Waals surface area (Å²) in [5, 5.41) is 3.66. The lowest BCUT2D eigenvalue weighted by Gasteiger charge is -2.16. The number of ether oxygens (including phenoxy) is 2. The van der Waals surface area contributed by atoms with Gasteiger partial charge in [0, 0.05) is 12.1 Å². The van der Waals surface area contributed by atoms with Gasteiger partial charge in [-0.1, -0.05) is 17.3 Å². The summed E-state index contributed by atoms with van der Waals surface area (Å²) in [5.41, 5.74) is 6.92. The van der Waals surface area contributed by atoms with E-state index in [1.54, 1.807) is 12.3 Å². The van der Waals surface area contributed by atoms with Crippen molar-refractivity contribution in [2.45, 2.75) is 32.9 Å². The highest BCUT2D eigenvalue weighted by Gasteiger charge is 2.13. The molecule has 0 spiro atoms. The van der Waals surface area contributed by atoms with Crippen LogP contribution in [0.5, 0.6) is 11.5 Å². The molecule has 1 aromatic carbocycles. The van der Waals surface area contributed by atoms with Crippen molar-refractivity contribution in [2.75, 3.05) is 6.61 Å². The summed E-state index contributed by atoms with van der Waals surface area (Å²) < 4.78 is 16.5. The highest BCUT2D eigenvalue weighted by molar-refractivity contribution is 5.47. The van der Waals surface area contributed by atoms with Crippen LogP contribution in [0.1, 0.15) is 25.2 Å². The molecule has 5 heteroatoms. The van der Waals surface area contributed by atoms with Crippen LogP contribution >= 0.6 is 0 Å². The zero-order valence-corrected chi connectivity index (χ0v) is 11.8. The van der Waals surface area contributed by atoms with Gasteiger partial charge in [-0.25, -0.2) is 0 Å². The predicted molar refractivity (Wildman–Crippen MR) is 75.8 cm³/mol. The molecule has 0 aliphatic rings. The molecule has 0 aliphatic heterocycles. The van der Waals surface area contributed by atoms with Crippen LogP contribution < -0.4 is 15.2 Å². The lowest BCUT2D eigenvalue weighted by Crippen LogP contribution is -2.18. The van der Waals surface area contributed by atoms with Gasteiger partial charge in [0.25, 0.3) is 0 Å². The molecule has 108 valence electrons. The fourth-order valence-electron chi connectivity index (χ4n) is 1.96. The van der Waals surface area contributed by atoms with Crippen LogP contribution in [0.15, 0.2) is 35.0 Å². The van der Waals surface area contributed by atoms with Gasteiger partial charge in [0.1, 0.15) is 6.61 Å². The average molecular weight is 276 g/mol. The number of benzene rings is 1. The Morgan fingerprint density at radius 1 is 1.30 bits per heavy atom. The van der Waals surface area contributed by atoms with Crippen molar-refractivity contribution in [3.05, 3.63) is 41.8 Å². The summed E-state index contributed by atoms with van der Waals surface area (Å²) in [7, 11) is 0. The maximum Gasteiger partial charge on any atom is 0.174 e. The fourth-order valence-corrected chi connectivity index (χ4v) is 1.96. The van der Waals surface area contributed by atoms with Crippen LogP contribution in [0.2, 0.25) is 0 Å². The fraction of sp³-hybridized carbons (Fsp3) is 0.400. The van der Waals surface area contributed by atoms with Crippen molar-refractivity contribution in [2.24, 2.45) is 5.73 Å². The van der Waals surface area contributed by atoms with Gasteiger partial charge in [-0.15, -0.1) is 0 Å². The second kappa shape index (κ2) is 6.96. The Bertz CT molecular complexity index is 524. The number of para-hydroxylation sites is 1. The number of hydrogen-bond acceptors (Lipinski definition) is 5. The van der Waals surface area contributed by atoms with Gasteiger partial charge in [0.2, 0.25) is 0 Å². The lowest BCUT2D eigenvalue weighted by molar-refractivity contribution is 0.231. The Morgan fingerprint density at radius 3 is 2.80 bits per heavy atom. The minimum Gasteiger partial charge on any atom is -0.490 e. The number of hydrogen-bond donors (Lipinski definition) is 1. The van der Waals surface area contributed by atoms with Gasteiger partial charge in [0.05, 0.1) is 12.8 Å². The van der Waals surface area contributed by atoms with E-state index in [1.165, 1.54) is 0 Å². The topological polar surface area (TPSA) is 70.5 Å². The van der Waals surface area contributed by atoms with Crippen molar-refractivity contribution in [3.63, 3.8) is 0 Å². The molecule has 0 saturated heterocycles. The van der Waals surface area contributed by atoms with Crippen molar-refractivity contribution in [1.29, 1.82) is 0 Å². The van der Waals surface area contributed by atoms with Gasteiger partial charge in [0.15, 0.2) is 17.3 Å². The van der Waals surface area contributed by atoms with E-state index in [-0.39, 0.29) is 6.04 Å². The molecular weight excluding hydrogens is 256 g/mol. The zero-order chi connectivity index (χ0) is 14.4. The third-order valence-electron chi connectivity index (χ3n) is 2.75. The Morgan fingerprint density at radius 2 is 2.15 bits per heavy atom. The number of aromatic nitrogens is 1. The summed E-state index contributed by atoms with van der Waals surface area (Å²) in [5.74, 6) is 2.12. The maximum atomic E-state index is 5.88. The smallest absolute Gasteiger partial charge is 0.174 e. The second-order valence-corrected chi connectivity index (χ2v) is 4.63. The van der Waals surface area contributed by atoms with Crippen molar-refractivity contribution >= 4 is 0 Å². The third-order valence-corrected chi connectivity index (χ3v) is 2.75. The van der Waals surface area contributed by atoms with Crippen LogP contribution in [0.4, 0.5) is 0 Å². The monoisotopic (exact) mass is 276 g/mol. The molecule has 2 aromatic rings. The molecule has 0 radical (unpaired) electrons. The molecule has 0 aliphatic carbocycles. The van der Waals surface area contributed by atoms with E-state index in [4.69, 9.17) is 19.7 Å². The van der Waals surface area contributed by atoms with E-state index in [0.717, 1.165) is 23.5 Å². The maximum absolute atomic E-state index is 5.88. The first-order chi connectivity index (χ1) is 9.70. The number of rotatable bonds is 7. The van der Waals surface area contributed by atoms with E-state index in [0.29, 0.717) is 19.0 Å². The first-order valence-electron chi connectivity index (χ1n) is 6.73. The molecular formula is C15H20N2O3. The standard InChI is InChI=1S/C15H20N2O3/c1-3-18-14-6-4-5-12(9-11(2)16)15(14)19-10-13-7-8-17-20-13/h4-8,11H,3,9-10,16H2,1-2H3. The summed E-state index contributed by atoms with van der Waals surface area (Å²) in [6.45, 7) is 4.81. The predicted octanol–water partition coefficient (Wildman–Crippen LogP) is 2.54. The van der Waals surface area contributed by atoms with Crippen LogP contribution in [0.25, 0.3) is 0 Å². The first kappa shape index (κ1) is 14.4. The van der Waals surface area contributed by atoms with Crippen LogP contribution in [0.3, 0.4) is 0 Å². The summed E-state index contributed by atoms with van der Waals surface area (Å²) in [4.78, 5) is 0. The third kappa shape index (κ3) is 3.74. The van der Waals surface area contributed by atoms with Crippen molar-refractivity contribution < 1.29 is 14.0 Å². The van der Waals surface area contributed by atoms with Gasteiger partial charge < -0.3 is 19.7 Å². The molecule has 0 bridgehead atoms. The number of nitrogens with two attached hydrogens (primary N) is 1.